The topological polar surface area (TPSA) is 38.8 Å². The van der Waals surface area contributed by atoms with Gasteiger partial charge in [-0.3, -0.25) is 9.69 Å². The van der Waals surface area contributed by atoms with Crippen LogP contribution < -0.4 is 14.4 Å². The Morgan fingerprint density at radius 1 is 1.16 bits per heavy atom. The fourth-order valence-electron chi connectivity index (χ4n) is 2.43. The minimum atomic E-state index is -0.123. The third-order valence-electron chi connectivity index (χ3n) is 3.59. The number of hydrogen-bond donors (Lipinski definition) is 0. The molecule has 0 unspecified atom stereocenters. The Hall–Kier alpha value is -2.31. The smallest absolute Gasteiger partial charge is 0.270 e. The first-order chi connectivity index (χ1) is 12.1. The van der Waals surface area contributed by atoms with Gasteiger partial charge in [-0.1, -0.05) is 36.1 Å². The fourth-order valence-corrected chi connectivity index (χ4v) is 3.73. The van der Waals surface area contributed by atoms with E-state index in [-0.39, 0.29) is 5.91 Å². The molecule has 6 heteroatoms. The quantitative estimate of drug-likeness (QED) is 0.572. The lowest BCUT2D eigenvalue weighted by Crippen LogP contribution is -2.27. The Labute approximate surface area is 156 Å². The maximum Gasteiger partial charge on any atom is 0.270 e. The van der Waals surface area contributed by atoms with Gasteiger partial charge in [-0.05, 0) is 55.0 Å². The molecule has 1 heterocycles. The van der Waals surface area contributed by atoms with Crippen molar-refractivity contribution < 1.29 is 14.3 Å². The summed E-state index contributed by atoms with van der Waals surface area (Å²) in [5.41, 5.74) is 1.63. The Morgan fingerprint density at radius 2 is 1.92 bits per heavy atom. The highest BCUT2D eigenvalue weighted by Crippen LogP contribution is 2.36. The lowest BCUT2D eigenvalue weighted by atomic mass is 10.2. The van der Waals surface area contributed by atoms with Crippen LogP contribution in [0.4, 0.5) is 5.69 Å². The molecule has 2 aromatic rings. The van der Waals surface area contributed by atoms with Gasteiger partial charge in [0.05, 0.1) is 24.3 Å². The number of carbonyl (C=O) groups is 1. The molecule has 1 aliphatic rings. The minimum Gasteiger partial charge on any atom is -0.497 e. The molecule has 4 nitrogen and oxygen atoms in total. The largest absolute Gasteiger partial charge is 0.497 e. The molecule has 3 rings (SSSR count). The van der Waals surface area contributed by atoms with Gasteiger partial charge in [0.15, 0.2) is 4.32 Å². The van der Waals surface area contributed by atoms with Crippen molar-refractivity contribution in [3.05, 3.63) is 59.0 Å². The number of hydrogen-bond acceptors (Lipinski definition) is 5. The van der Waals surface area contributed by atoms with Crippen molar-refractivity contribution in [2.24, 2.45) is 0 Å². The van der Waals surface area contributed by atoms with Gasteiger partial charge in [0, 0.05) is 0 Å². The summed E-state index contributed by atoms with van der Waals surface area (Å²) in [7, 11) is 1.62. The molecule has 1 saturated heterocycles. The van der Waals surface area contributed by atoms with Crippen LogP contribution in [0.3, 0.4) is 0 Å². The average molecular weight is 371 g/mol. The predicted molar refractivity (Wildman–Crippen MR) is 106 cm³/mol. The second-order valence-corrected chi connectivity index (χ2v) is 6.90. The third kappa shape index (κ3) is 3.86. The van der Waals surface area contributed by atoms with Crippen molar-refractivity contribution in [3.8, 4) is 11.5 Å². The van der Waals surface area contributed by atoms with E-state index < -0.39 is 0 Å². The van der Waals surface area contributed by atoms with Crippen LogP contribution >= 0.6 is 24.0 Å². The molecule has 1 aliphatic heterocycles. The van der Waals surface area contributed by atoms with Crippen molar-refractivity contribution >= 4 is 46.0 Å². The molecule has 1 amide bonds. The van der Waals surface area contributed by atoms with Crippen LogP contribution in [0.15, 0.2) is 53.4 Å². The monoisotopic (exact) mass is 371 g/mol. The molecular weight excluding hydrogens is 354 g/mol. The first-order valence-electron chi connectivity index (χ1n) is 7.77. The van der Waals surface area contributed by atoms with Gasteiger partial charge in [0.1, 0.15) is 11.5 Å². The lowest BCUT2D eigenvalue weighted by molar-refractivity contribution is -0.113. The number of anilines is 1. The third-order valence-corrected chi connectivity index (χ3v) is 4.89. The van der Waals surface area contributed by atoms with E-state index >= 15 is 0 Å². The number of rotatable bonds is 5. The van der Waals surface area contributed by atoms with E-state index in [0.717, 1.165) is 22.7 Å². The predicted octanol–water partition coefficient (Wildman–Crippen LogP) is 4.50. The summed E-state index contributed by atoms with van der Waals surface area (Å²) >= 11 is 6.69. The van der Waals surface area contributed by atoms with Gasteiger partial charge >= 0.3 is 0 Å². The van der Waals surface area contributed by atoms with Gasteiger partial charge in [0.2, 0.25) is 0 Å². The van der Waals surface area contributed by atoms with Crippen molar-refractivity contribution in [1.82, 2.24) is 0 Å². The van der Waals surface area contributed by atoms with Crippen LogP contribution in [-0.2, 0) is 4.79 Å². The molecule has 0 radical (unpaired) electrons. The first-order valence-corrected chi connectivity index (χ1v) is 8.99. The Kier molecular flexibility index (Phi) is 5.40. The Balaban J connectivity index is 1.85. The number of thioether (sulfide) groups is 1. The highest BCUT2D eigenvalue weighted by molar-refractivity contribution is 8.27. The van der Waals surface area contributed by atoms with Crippen LogP contribution in [0.1, 0.15) is 12.5 Å². The molecule has 0 aliphatic carbocycles. The van der Waals surface area contributed by atoms with Crippen molar-refractivity contribution in [1.29, 1.82) is 0 Å². The standard InChI is InChI=1S/C19H17NO3S2/c1-3-23-15-9-7-14(8-10-15)20-18(21)17(25-19(20)24)12-13-5-4-6-16(11-13)22-2/h4-12H,3H2,1-2H3/b17-12+. The molecule has 0 bridgehead atoms. The average Bonchev–Trinajstić information content (AvgIpc) is 2.90. The van der Waals surface area contributed by atoms with Crippen molar-refractivity contribution in [2.75, 3.05) is 18.6 Å². The van der Waals surface area contributed by atoms with E-state index in [4.69, 9.17) is 21.7 Å². The molecule has 1 fully saturated rings. The van der Waals surface area contributed by atoms with Crippen LogP contribution in [0.25, 0.3) is 6.08 Å². The normalized spacial score (nSPS) is 15.8. The lowest BCUT2D eigenvalue weighted by Gasteiger charge is -2.15. The summed E-state index contributed by atoms with van der Waals surface area (Å²) in [5.74, 6) is 1.39. The number of thiocarbonyl (C=S) groups is 1. The zero-order valence-electron chi connectivity index (χ0n) is 13.9. The molecule has 2 aromatic carbocycles. The molecule has 0 spiro atoms. The molecule has 0 atom stereocenters. The van der Waals surface area contributed by atoms with Gasteiger partial charge in [0.25, 0.3) is 5.91 Å². The van der Waals surface area contributed by atoms with E-state index in [9.17, 15) is 4.79 Å². The molecular formula is C19H17NO3S2. The highest BCUT2D eigenvalue weighted by atomic mass is 32.2. The Morgan fingerprint density at radius 3 is 2.60 bits per heavy atom. The molecule has 0 saturated carbocycles. The fraction of sp³-hybridized carbons (Fsp3) is 0.158. The summed E-state index contributed by atoms with van der Waals surface area (Å²) in [6, 6.07) is 14.9. The van der Waals surface area contributed by atoms with E-state index in [2.05, 4.69) is 0 Å². The van der Waals surface area contributed by atoms with Crippen molar-refractivity contribution in [2.45, 2.75) is 6.92 Å². The molecule has 0 N–H and O–H groups in total. The van der Waals surface area contributed by atoms with Gasteiger partial charge in [-0.25, -0.2) is 0 Å². The number of carbonyl (C=O) groups excluding carboxylic acids is 1. The summed E-state index contributed by atoms with van der Waals surface area (Å²) in [6.07, 6.45) is 1.83. The van der Waals surface area contributed by atoms with Gasteiger partial charge in [-0.15, -0.1) is 0 Å². The number of methoxy groups -OCH3 is 1. The van der Waals surface area contributed by atoms with Gasteiger partial charge in [-0.2, -0.15) is 0 Å². The SMILES string of the molecule is CCOc1ccc(N2C(=O)/C(=C\c3cccc(OC)c3)SC2=S)cc1. The molecule has 0 aromatic heterocycles. The highest BCUT2D eigenvalue weighted by Gasteiger charge is 2.33. The maximum absolute atomic E-state index is 12.8. The van der Waals surface area contributed by atoms with E-state index in [0.29, 0.717) is 15.8 Å². The van der Waals surface area contributed by atoms with E-state index in [1.165, 1.54) is 11.8 Å². The van der Waals surface area contributed by atoms with Gasteiger partial charge < -0.3 is 9.47 Å². The number of ether oxygens (including phenoxy) is 2. The Bertz CT molecular complexity index is 831. The van der Waals surface area contributed by atoms with Crippen LogP contribution in [-0.4, -0.2) is 23.9 Å². The zero-order valence-corrected chi connectivity index (χ0v) is 15.5. The molecule has 25 heavy (non-hydrogen) atoms. The summed E-state index contributed by atoms with van der Waals surface area (Å²) in [4.78, 5) is 14.9. The van der Waals surface area contributed by atoms with Crippen LogP contribution in [0.2, 0.25) is 0 Å². The zero-order chi connectivity index (χ0) is 17.8. The summed E-state index contributed by atoms with van der Waals surface area (Å²) < 4.78 is 11.2. The summed E-state index contributed by atoms with van der Waals surface area (Å²) in [5, 5.41) is 0. The maximum atomic E-state index is 12.8. The number of amides is 1. The summed E-state index contributed by atoms with van der Waals surface area (Å²) in [6.45, 7) is 2.53. The number of benzene rings is 2. The minimum absolute atomic E-state index is 0.123. The molecule has 128 valence electrons. The van der Waals surface area contributed by atoms with E-state index in [1.54, 1.807) is 12.0 Å². The van der Waals surface area contributed by atoms with E-state index in [1.807, 2.05) is 61.5 Å². The second kappa shape index (κ2) is 7.72. The van der Waals surface area contributed by atoms with Crippen LogP contribution in [0, 0.1) is 0 Å². The van der Waals surface area contributed by atoms with Crippen molar-refractivity contribution in [3.63, 3.8) is 0 Å². The number of nitrogens with zero attached hydrogens (tertiary/aromatic N) is 1. The first kappa shape index (κ1) is 17.5. The second-order valence-electron chi connectivity index (χ2n) is 5.22. The van der Waals surface area contributed by atoms with Crippen LogP contribution in [0.5, 0.6) is 11.5 Å².